The summed E-state index contributed by atoms with van der Waals surface area (Å²) < 4.78 is 0. The zero-order chi connectivity index (χ0) is 24.6. The van der Waals surface area contributed by atoms with Gasteiger partial charge in [0, 0.05) is 53.9 Å². The molecule has 0 atom stereocenters. The number of H-pyrrole nitrogens is 2. The predicted octanol–water partition coefficient (Wildman–Crippen LogP) is 3.78. The molecule has 0 aliphatic rings. The summed E-state index contributed by atoms with van der Waals surface area (Å²) in [5, 5.41) is 20.6. The molecular formula is C25H21N11. The van der Waals surface area contributed by atoms with Crippen molar-refractivity contribution < 1.29 is 0 Å². The van der Waals surface area contributed by atoms with Crippen LogP contribution in [0.5, 0.6) is 0 Å². The lowest BCUT2D eigenvalue weighted by Gasteiger charge is -2.15. The highest BCUT2D eigenvalue weighted by Gasteiger charge is 2.16. The third-order valence-electron chi connectivity index (χ3n) is 5.84. The fourth-order valence-corrected chi connectivity index (χ4v) is 4.04. The lowest BCUT2D eigenvalue weighted by molar-refractivity contribution is 0.533. The smallest absolute Gasteiger partial charge is 0.209 e. The number of hydrogen-bond acceptors (Lipinski definition) is 7. The molecular weight excluding hydrogens is 454 g/mol. The molecule has 1 aromatic carbocycles. The number of nitrogens with zero attached hydrogens (tertiary/aromatic N) is 6. The second-order valence-electron chi connectivity index (χ2n) is 8.29. The van der Waals surface area contributed by atoms with Gasteiger partial charge < -0.3 is 10.3 Å². The van der Waals surface area contributed by atoms with Gasteiger partial charge in [0.2, 0.25) is 5.96 Å². The largest absolute Gasteiger partial charge is 0.335 e. The van der Waals surface area contributed by atoms with E-state index in [0.717, 1.165) is 44.2 Å². The van der Waals surface area contributed by atoms with Crippen LogP contribution in [0.15, 0.2) is 73.6 Å². The van der Waals surface area contributed by atoms with Crippen LogP contribution in [0.4, 0.5) is 5.69 Å². The average Bonchev–Trinajstić information content (AvgIpc) is 3.53. The first-order chi connectivity index (χ1) is 17.6. The van der Waals surface area contributed by atoms with Gasteiger partial charge in [-0.05, 0) is 29.8 Å². The van der Waals surface area contributed by atoms with Crippen LogP contribution in [0.1, 0.15) is 0 Å². The van der Waals surface area contributed by atoms with Crippen molar-refractivity contribution in [3.63, 3.8) is 0 Å². The Hall–Kier alpha value is -5.16. The van der Waals surface area contributed by atoms with Crippen molar-refractivity contribution in [1.29, 1.82) is 5.41 Å². The molecule has 6 N–H and O–H groups in total. The Morgan fingerprint density at radius 3 is 2.64 bits per heavy atom. The third-order valence-corrected chi connectivity index (χ3v) is 5.84. The van der Waals surface area contributed by atoms with Gasteiger partial charge in [0.15, 0.2) is 5.82 Å². The van der Waals surface area contributed by atoms with Crippen LogP contribution in [-0.2, 0) is 0 Å². The van der Waals surface area contributed by atoms with Crippen molar-refractivity contribution in [3.05, 3.63) is 73.6 Å². The van der Waals surface area contributed by atoms with Crippen LogP contribution in [0.2, 0.25) is 0 Å². The van der Waals surface area contributed by atoms with Crippen molar-refractivity contribution in [3.8, 4) is 33.8 Å². The topological polar surface area (TPSA) is 161 Å². The molecule has 5 heterocycles. The number of guanidine groups is 1. The molecule has 176 valence electrons. The number of anilines is 1. The minimum absolute atomic E-state index is 0.0616. The van der Waals surface area contributed by atoms with Gasteiger partial charge in [0.1, 0.15) is 11.2 Å². The van der Waals surface area contributed by atoms with E-state index in [4.69, 9.17) is 16.2 Å². The number of pyridine rings is 3. The Bertz CT molecular complexity index is 1720. The first-order valence-corrected chi connectivity index (χ1v) is 11.1. The number of rotatable bonds is 4. The fourth-order valence-electron chi connectivity index (χ4n) is 4.04. The summed E-state index contributed by atoms with van der Waals surface area (Å²) in [7, 11) is 1.59. The molecule has 11 heteroatoms. The molecule has 0 unspecified atom stereocenters. The van der Waals surface area contributed by atoms with Crippen LogP contribution in [0.3, 0.4) is 0 Å². The second-order valence-corrected chi connectivity index (χ2v) is 8.29. The quantitative estimate of drug-likeness (QED) is 0.111. The van der Waals surface area contributed by atoms with Gasteiger partial charge >= 0.3 is 0 Å². The Kier molecular flexibility index (Phi) is 5.08. The lowest BCUT2D eigenvalue weighted by atomic mass is 10.0. The Morgan fingerprint density at radius 1 is 0.944 bits per heavy atom. The predicted molar refractivity (Wildman–Crippen MR) is 139 cm³/mol. The van der Waals surface area contributed by atoms with Crippen LogP contribution < -0.4 is 11.2 Å². The average molecular weight is 476 g/mol. The van der Waals surface area contributed by atoms with E-state index >= 15 is 0 Å². The number of hydrogen-bond donors (Lipinski definition) is 5. The number of nitrogens with two attached hydrogens (primary N) is 1. The van der Waals surface area contributed by atoms with Gasteiger partial charge in [-0.3, -0.25) is 30.5 Å². The number of fused-ring (bicyclic) bond motifs is 2. The molecule has 0 spiro atoms. The minimum Gasteiger partial charge on any atom is -0.335 e. The number of imidazole rings is 1. The van der Waals surface area contributed by atoms with E-state index in [-0.39, 0.29) is 5.96 Å². The maximum atomic E-state index is 7.91. The first kappa shape index (κ1) is 21.4. The molecule has 6 rings (SSSR count). The van der Waals surface area contributed by atoms with Crippen molar-refractivity contribution in [1.82, 2.24) is 40.1 Å². The van der Waals surface area contributed by atoms with Gasteiger partial charge in [0.05, 0.1) is 29.1 Å². The van der Waals surface area contributed by atoms with E-state index in [1.165, 1.54) is 5.01 Å². The number of hydrazine groups is 1. The normalized spacial score (nSPS) is 11.2. The molecule has 0 saturated heterocycles. The number of nitrogens with one attached hydrogen (secondary N) is 4. The molecule has 0 amide bonds. The lowest BCUT2D eigenvalue weighted by Crippen LogP contribution is -2.37. The summed E-state index contributed by atoms with van der Waals surface area (Å²) >= 11 is 0. The van der Waals surface area contributed by atoms with E-state index in [0.29, 0.717) is 17.2 Å². The van der Waals surface area contributed by atoms with Gasteiger partial charge in [-0.2, -0.15) is 5.10 Å². The second kappa shape index (κ2) is 8.56. The van der Waals surface area contributed by atoms with Gasteiger partial charge in [-0.15, -0.1) is 0 Å². The molecule has 11 nitrogen and oxygen atoms in total. The summed E-state index contributed by atoms with van der Waals surface area (Å²) in [6.45, 7) is 0. The van der Waals surface area contributed by atoms with E-state index in [9.17, 15) is 0 Å². The van der Waals surface area contributed by atoms with Crippen LogP contribution in [0, 0.1) is 5.41 Å². The number of aromatic nitrogens is 7. The standard InChI is InChI=1S/C25H21N11/c1-36(27)25(26)31-17-7-16(10-29-11-17)14-4-5-20-18(8-14)23(35-34-20)24-32-21-13-30-12-19(22(21)33-24)15-3-2-6-28-9-15/h2-13H,27H2,1H3,(H2,26,31)(H,32,33)(H,34,35). The van der Waals surface area contributed by atoms with E-state index in [2.05, 4.69) is 35.5 Å². The van der Waals surface area contributed by atoms with E-state index in [1.54, 1.807) is 44.2 Å². The van der Waals surface area contributed by atoms with Crippen LogP contribution in [-0.4, -0.2) is 53.1 Å². The van der Waals surface area contributed by atoms with E-state index in [1.807, 2.05) is 36.4 Å². The van der Waals surface area contributed by atoms with Crippen LogP contribution in [0.25, 0.3) is 55.7 Å². The highest BCUT2D eigenvalue weighted by Crippen LogP contribution is 2.32. The monoisotopic (exact) mass is 475 g/mol. The third kappa shape index (κ3) is 3.79. The van der Waals surface area contributed by atoms with Crippen molar-refractivity contribution >= 4 is 33.6 Å². The number of aromatic amines is 2. The Labute approximate surface area is 204 Å². The summed E-state index contributed by atoms with van der Waals surface area (Å²) in [4.78, 5) is 21.2. The van der Waals surface area contributed by atoms with Crippen molar-refractivity contribution in [2.45, 2.75) is 0 Å². The molecule has 5 aromatic heterocycles. The molecule has 0 saturated carbocycles. The SMILES string of the molecule is CN(N)C(=N)Nc1cncc(-c2ccc3[nH]nc(-c4nc5c(-c6cccnc6)cncc5[nH]4)c3c2)c1. The molecule has 0 aliphatic carbocycles. The zero-order valence-corrected chi connectivity index (χ0v) is 19.2. The Morgan fingerprint density at radius 2 is 1.81 bits per heavy atom. The maximum absolute atomic E-state index is 7.91. The van der Waals surface area contributed by atoms with Gasteiger partial charge in [0.25, 0.3) is 0 Å². The zero-order valence-electron chi connectivity index (χ0n) is 19.2. The summed E-state index contributed by atoms with van der Waals surface area (Å²) in [6, 6.07) is 11.8. The van der Waals surface area contributed by atoms with Crippen LogP contribution >= 0.6 is 0 Å². The van der Waals surface area contributed by atoms with E-state index < -0.39 is 0 Å². The molecule has 0 fully saturated rings. The van der Waals surface area contributed by atoms with Gasteiger partial charge in [-0.1, -0.05) is 12.1 Å². The molecule has 0 bridgehead atoms. The highest BCUT2D eigenvalue weighted by molar-refractivity contribution is 5.98. The van der Waals surface area contributed by atoms with Crippen molar-refractivity contribution in [2.75, 3.05) is 12.4 Å². The molecule has 0 aliphatic heterocycles. The van der Waals surface area contributed by atoms with Crippen molar-refractivity contribution in [2.24, 2.45) is 5.84 Å². The maximum Gasteiger partial charge on any atom is 0.209 e. The fraction of sp³-hybridized carbons (Fsp3) is 0.0400. The summed E-state index contributed by atoms with van der Waals surface area (Å²) in [6.07, 6.45) is 10.5. The summed E-state index contributed by atoms with van der Waals surface area (Å²) in [5.41, 5.74) is 7.53. The molecule has 36 heavy (non-hydrogen) atoms. The first-order valence-electron chi connectivity index (χ1n) is 11.1. The number of benzene rings is 1. The summed E-state index contributed by atoms with van der Waals surface area (Å²) in [5.74, 6) is 6.33. The minimum atomic E-state index is 0.0616. The highest BCUT2D eigenvalue weighted by atomic mass is 15.5. The molecule has 6 aromatic rings. The molecule has 0 radical (unpaired) electrons. The Balaban J connectivity index is 1.41. The van der Waals surface area contributed by atoms with Gasteiger partial charge in [-0.25, -0.2) is 10.8 Å².